The smallest absolute Gasteiger partial charge is 0.261 e. The molecule has 0 atom stereocenters. The summed E-state index contributed by atoms with van der Waals surface area (Å²) in [7, 11) is -0.868. The van der Waals surface area contributed by atoms with Crippen LogP contribution in [0.15, 0.2) is 97.6 Å². The number of benzene rings is 2. The molecule has 0 saturated heterocycles. The molecule has 9 heteroatoms. The van der Waals surface area contributed by atoms with Crippen LogP contribution >= 0.6 is 0 Å². The second-order valence-corrected chi connectivity index (χ2v) is 16.2. The highest BCUT2D eigenvalue weighted by molar-refractivity contribution is 6.99. The lowest BCUT2D eigenvalue weighted by Crippen LogP contribution is -2.66. The number of nitrogens with zero attached hydrogens (tertiary/aromatic N) is 4. The van der Waals surface area contributed by atoms with Gasteiger partial charge in [0.05, 0.1) is 17.3 Å². The van der Waals surface area contributed by atoms with Crippen LogP contribution in [0.25, 0.3) is 22.2 Å². The number of rotatable bonds is 9. The van der Waals surface area contributed by atoms with Gasteiger partial charge in [-0.25, -0.2) is 4.98 Å². The minimum Gasteiger partial charge on any atom is -0.407 e. The second-order valence-electron chi connectivity index (χ2n) is 11.9. The van der Waals surface area contributed by atoms with Crippen LogP contribution in [-0.4, -0.2) is 46.1 Å². The van der Waals surface area contributed by atoms with Crippen LogP contribution < -0.4 is 15.7 Å². The van der Waals surface area contributed by atoms with Gasteiger partial charge in [0.2, 0.25) is 0 Å². The Labute approximate surface area is 252 Å². The molecule has 1 N–H and O–H groups in total. The van der Waals surface area contributed by atoms with Crippen LogP contribution in [0, 0.1) is 0 Å². The molecule has 6 rings (SSSR count). The molecule has 4 heterocycles. The molecular formula is C34H35N5O3Si. The molecule has 8 nitrogen and oxygen atoms in total. The summed E-state index contributed by atoms with van der Waals surface area (Å²) in [5, 5.41) is 9.89. The highest BCUT2D eigenvalue weighted by Gasteiger charge is 2.50. The molecule has 5 aromatic rings. The van der Waals surface area contributed by atoms with E-state index in [1.54, 1.807) is 30.3 Å². The van der Waals surface area contributed by atoms with Crippen LogP contribution in [0.1, 0.15) is 38.3 Å². The van der Waals surface area contributed by atoms with E-state index >= 15 is 0 Å². The molecule has 43 heavy (non-hydrogen) atoms. The van der Waals surface area contributed by atoms with Gasteiger partial charge in [-0.1, -0.05) is 81.4 Å². The quantitative estimate of drug-likeness (QED) is 0.157. The number of pyridine rings is 1. The van der Waals surface area contributed by atoms with Crippen molar-refractivity contribution in [3.8, 4) is 0 Å². The molecule has 218 valence electrons. The first-order chi connectivity index (χ1) is 20.7. The van der Waals surface area contributed by atoms with Gasteiger partial charge in [0, 0.05) is 55.3 Å². The summed E-state index contributed by atoms with van der Waals surface area (Å²) in [6, 6.07) is 25.0. The Hall–Kier alpha value is -4.60. The van der Waals surface area contributed by atoms with Gasteiger partial charge in [-0.3, -0.25) is 19.6 Å². The number of aryl methyl sites for hydroxylation is 2. The van der Waals surface area contributed by atoms with Crippen molar-refractivity contribution in [2.45, 2.75) is 38.8 Å². The SMILES string of the molecule is Cn1cc(C2=C(c3cn(CCCO[Si](c4ccccc4)(c4ccccc4)C(C)(C)C)c4ncccc34)C(=O)NC2=O)cn1. The van der Waals surface area contributed by atoms with Gasteiger partial charge in [0.25, 0.3) is 20.1 Å². The summed E-state index contributed by atoms with van der Waals surface area (Å²) in [6.45, 7) is 8.01. The molecule has 3 aromatic heterocycles. The predicted molar refractivity (Wildman–Crippen MR) is 171 cm³/mol. The molecule has 0 unspecified atom stereocenters. The molecule has 2 aromatic carbocycles. The van der Waals surface area contributed by atoms with E-state index in [1.807, 2.05) is 30.5 Å². The van der Waals surface area contributed by atoms with Crippen molar-refractivity contribution < 1.29 is 14.0 Å². The first-order valence-corrected chi connectivity index (χ1v) is 16.4. The minimum absolute atomic E-state index is 0.109. The molecular weight excluding hydrogens is 554 g/mol. The van der Waals surface area contributed by atoms with E-state index in [-0.39, 0.29) is 5.04 Å². The zero-order valence-corrected chi connectivity index (χ0v) is 25.9. The van der Waals surface area contributed by atoms with Gasteiger partial charge < -0.3 is 8.99 Å². The number of hydrogen-bond donors (Lipinski definition) is 1. The molecule has 0 spiro atoms. The van der Waals surface area contributed by atoms with E-state index in [0.29, 0.717) is 35.4 Å². The largest absolute Gasteiger partial charge is 0.407 e. The lowest BCUT2D eigenvalue weighted by atomic mass is 9.98. The number of amides is 2. The molecule has 1 aliphatic rings. The normalized spacial score (nSPS) is 14.1. The molecule has 0 radical (unpaired) electrons. The van der Waals surface area contributed by atoms with Crippen LogP contribution in [-0.2, 0) is 27.6 Å². The highest BCUT2D eigenvalue weighted by atomic mass is 28.4. The van der Waals surface area contributed by atoms with E-state index in [9.17, 15) is 9.59 Å². The van der Waals surface area contributed by atoms with Crippen LogP contribution in [0.3, 0.4) is 0 Å². The number of hydrogen-bond acceptors (Lipinski definition) is 5. The third-order valence-corrected chi connectivity index (χ3v) is 13.1. The summed E-state index contributed by atoms with van der Waals surface area (Å²) in [4.78, 5) is 30.6. The lowest BCUT2D eigenvalue weighted by molar-refractivity contribution is -0.122. The number of nitrogens with one attached hydrogen (secondary N) is 1. The van der Waals surface area contributed by atoms with Gasteiger partial charge in [-0.05, 0) is 34.0 Å². The standard InChI is InChI=1S/C34H35N5O3Si/c1-34(2,3)43(25-13-7-5-8-14-25,26-15-9-6-10-16-26)42-20-12-19-39-23-28(27-17-11-18-35-31(27)39)30-29(32(40)37-33(30)41)24-21-36-38(4)22-24/h5-11,13-18,21-23H,12,19-20H2,1-4H3,(H,37,40,41). The average Bonchev–Trinajstić information content (AvgIpc) is 3.67. The van der Waals surface area contributed by atoms with Crippen LogP contribution in [0.4, 0.5) is 0 Å². The monoisotopic (exact) mass is 589 g/mol. The highest BCUT2D eigenvalue weighted by Crippen LogP contribution is 2.38. The van der Waals surface area contributed by atoms with E-state index < -0.39 is 20.1 Å². The third-order valence-electron chi connectivity index (χ3n) is 8.11. The predicted octanol–water partition coefficient (Wildman–Crippen LogP) is 4.30. The molecule has 0 saturated carbocycles. The second kappa shape index (κ2) is 11.2. The van der Waals surface area contributed by atoms with Crippen molar-refractivity contribution in [1.82, 2.24) is 24.6 Å². The van der Waals surface area contributed by atoms with Gasteiger partial charge in [-0.15, -0.1) is 0 Å². The maximum atomic E-state index is 13.1. The fraction of sp³-hybridized carbons (Fsp3) is 0.235. The van der Waals surface area contributed by atoms with E-state index in [4.69, 9.17) is 4.43 Å². The molecule has 0 bridgehead atoms. The third kappa shape index (κ3) is 5.04. The van der Waals surface area contributed by atoms with Gasteiger partial charge >= 0.3 is 0 Å². The molecule has 0 aliphatic carbocycles. The van der Waals surface area contributed by atoms with Crippen LogP contribution in [0.5, 0.6) is 0 Å². The lowest BCUT2D eigenvalue weighted by Gasteiger charge is -2.43. The Kier molecular flexibility index (Phi) is 7.45. The Bertz CT molecular complexity index is 1790. The average molecular weight is 590 g/mol. The maximum absolute atomic E-state index is 13.1. The summed E-state index contributed by atoms with van der Waals surface area (Å²) in [5.74, 6) is -0.835. The van der Waals surface area contributed by atoms with Crippen molar-refractivity contribution in [3.05, 3.63) is 109 Å². The Morgan fingerprint density at radius 2 is 1.51 bits per heavy atom. The van der Waals surface area contributed by atoms with E-state index in [1.165, 1.54) is 10.4 Å². The van der Waals surface area contributed by atoms with Crippen molar-refractivity contribution in [3.63, 3.8) is 0 Å². The topological polar surface area (TPSA) is 91.0 Å². The summed E-state index contributed by atoms with van der Waals surface area (Å²) < 4.78 is 10.8. The first kappa shape index (κ1) is 28.5. The molecule has 1 aliphatic heterocycles. The Balaban J connectivity index is 1.33. The number of imide groups is 1. The number of carbonyl (C=O) groups excluding carboxylic acids is 2. The Morgan fingerprint density at radius 1 is 0.860 bits per heavy atom. The van der Waals surface area contributed by atoms with Crippen LogP contribution in [0.2, 0.25) is 5.04 Å². The fourth-order valence-corrected chi connectivity index (χ4v) is 10.9. The van der Waals surface area contributed by atoms with Gasteiger partial charge in [0.1, 0.15) is 5.65 Å². The fourth-order valence-electron chi connectivity index (χ4n) is 6.25. The number of carbonyl (C=O) groups is 2. The van der Waals surface area contributed by atoms with Crippen molar-refractivity contribution in [2.24, 2.45) is 7.05 Å². The van der Waals surface area contributed by atoms with E-state index in [0.717, 1.165) is 17.5 Å². The molecule has 2 amide bonds. The van der Waals surface area contributed by atoms with Gasteiger partial charge in [-0.2, -0.15) is 5.10 Å². The van der Waals surface area contributed by atoms with Crippen molar-refractivity contribution >= 4 is 52.7 Å². The van der Waals surface area contributed by atoms with Gasteiger partial charge in [0.15, 0.2) is 0 Å². The number of aromatic nitrogens is 4. The maximum Gasteiger partial charge on any atom is 0.261 e. The van der Waals surface area contributed by atoms with Crippen molar-refractivity contribution in [1.29, 1.82) is 0 Å². The summed E-state index contributed by atoms with van der Waals surface area (Å²) in [5.41, 5.74) is 2.71. The number of fused-ring (bicyclic) bond motifs is 1. The van der Waals surface area contributed by atoms with E-state index in [2.05, 4.69) is 89.3 Å². The first-order valence-electron chi connectivity index (χ1n) is 14.5. The minimum atomic E-state index is -2.65. The molecule has 0 fully saturated rings. The zero-order chi connectivity index (χ0) is 30.2. The Morgan fingerprint density at radius 3 is 2.12 bits per heavy atom. The summed E-state index contributed by atoms with van der Waals surface area (Å²) >= 11 is 0. The summed E-state index contributed by atoms with van der Waals surface area (Å²) in [6.07, 6.45) is 7.77. The van der Waals surface area contributed by atoms with Crippen molar-refractivity contribution in [2.75, 3.05) is 6.61 Å². The zero-order valence-electron chi connectivity index (χ0n) is 24.9.